The third-order valence-electron chi connectivity index (χ3n) is 4.22. The van der Waals surface area contributed by atoms with Crippen molar-refractivity contribution in [2.24, 2.45) is 0 Å². The fraction of sp³-hybridized carbons (Fsp3) is 0.471. The van der Waals surface area contributed by atoms with Gasteiger partial charge < -0.3 is 14.8 Å². The second-order valence-electron chi connectivity index (χ2n) is 5.83. The first kappa shape index (κ1) is 15.2. The summed E-state index contributed by atoms with van der Waals surface area (Å²) in [4.78, 5) is 6.62. The van der Waals surface area contributed by atoms with Crippen molar-refractivity contribution >= 4 is 0 Å². The van der Waals surface area contributed by atoms with Crippen molar-refractivity contribution in [1.82, 2.24) is 15.2 Å². The van der Waals surface area contributed by atoms with E-state index in [-0.39, 0.29) is 12.6 Å². The molecule has 1 unspecified atom stereocenters. The summed E-state index contributed by atoms with van der Waals surface area (Å²) in [5.74, 6) is 0.806. The van der Waals surface area contributed by atoms with Crippen LogP contribution in [-0.2, 0) is 6.54 Å². The highest BCUT2D eigenvalue weighted by molar-refractivity contribution is 5.08. The Morgan fingerprint density at radius 1 is 1.32 bits per heavy atom. The Labute approximate surface area is 131 Å². The Bertz CT molecular complexity index is 536. The van der Waals surface area contributed by atoms with Crippen molar-refractivity contribution in [1.29, 1.82) is 0 Å². The number of furan rings is 1. The van der Waals surface area contributed by atoms with Crippen LogP contribution in [0.25, 0.3) is 0 Å². The molecule has 5 nitrogen and oxygen atoms in total. The second-order valence-corrected chi connectivity index (χ2v) is 5.83. The molecule has 2 aromatic heterocycles. The number of hydrogen-bond acceptors (Lipinski definition) is 5. The number of likely N-dealkylation sites (tertiary alicyclic amines) is 1. The van der Waals surface area contributed by atoms with E-state index in [4.69, 9.17) is 4.42 Å². The Balaban J connectivity index is 1.47. The van der Waals surface area contributed by atoms with Crippen molar-refractivity contribution in [3.63, 3.8) is 0 Å². The quantitative estimate of drug-likeness (QED) is 0.854. The summed E-state index contributed by atoms with van der Waals surface area (Å²) in [6.07, 6.45) is 7.55. The van der Waals surface area contributed by atoms with E-state index in [1.807, 2.05) is 30.6 Å². The molecule has 3 rings (SSSR count). The van der Waals surface area contributed by atoms with Crippen LogP contribution in [0.2, 0.25) is 0 Å². The Hall–Kier alpha value is -1.69. The summed E-state index contributed by atoms with van der Waals surface area (Å²) in [7, 11) is 0. The number of piperidine rings is 1. The average Bonchev–Trinajstić information content (AvgIpc) is 3.09. The number of aliphatic hydroxyl groups is 1. The van der Waals surface area contributed by atoms with E-state index >= 15 is 0 Å². The van der Waals surface area contributed by atoms with E-state index in [2.05, 4.69) is 21.3 Å². The molecule has 1 aliphatic heterocycles. The summed E-state index contributed by atoms with van der Waals surface area (Å²) < 4.78 is 5.39. The lowest BCUT2D eigenvalue weighted by atomic mass is 10.0. The van der Waals surface area contributed by atoms with Gasteiger partial charge in [-0.2, -0.15) is 0 Å². The molecule has 1 aliphatic rings. The smallest absolute Gasteiger partial charge is 0.123 e. The first-order valence-electron chi connectivity index (χ1n) is 7.86. The van der Waals surface area contributed by atoms with Gasteiger partial charge in [0.1, 0.15) is 5.76 Å². The van der Waals surface area contributed by atoms with Gasteiger partial charge in [0.15, 0.2) is 0 Å². The minimum atomic E-state index is -0.107. The lowest BCUT2D eigenvalue weighted by Gasteiger charge is -2.33. The topological polar surface area (TPSA) is 61.5 Å². The average molecular weight is 301 g/mol. The third-order valence-corrected chi connectivity index (χ3v) is 4.22. The van der Waals surface area contributed by atoms with Crippen LogP contribution in [0.4, 0.5) is 0 Å². The highest BCUT2D eigenvalue weighted by Crippen LogP contribution is 2.19. The number of rotatable bonds is 6. The summed E-state index contributed by atoms with van der Waals surface area (Å²) in [6.45, 7) is 3.14. The maximum absolute atomic E-state index is 9.54. The molecule has 2 aromatic rings. The van der Waals surface area contributed by atoms with Gasteiger partial charge in [-0.15, -0.1) is 0 Å². The van der Waals surface area contributed by atoms with Gasteiger partial charge in [0.25, 0.3) is 0 Å². The van der Waals surface area contributed by atoms with Gasteiger partial charge in [-0.05, 0) is 49.7 Å². The maximum Gasteiger partial charge on any atom is 0.123 e. The minimum Gasteiger partial charge on any atom is -0.468 e. The lowest BCUT2D eigenvalue weighted by Crippen LogP contribution is -2.44. The minimum absolute atomic E-state index is 0.0589. The van der Waals surface area contributed by atoms with Crippen LogP contribution < -0.4 is 5.32 Å². The fourth-order valence-electron chi connectivity index (χ4n) is 3.01. The maximum atomic E-state index is 9.54. The van der Waals surface area contributed by atoms with Crippen molar-refractivity contribution < 1.29 is 9.52 Å². The summed E-state index contributed by atoms with van der Waals surface area (Å²) in [5, 5.41) is 13.0. The predicted octanol–water partition coefficient (Wildman–Crippen LogP) is 1.96. The van der Waals surface area contributed by atoms with Crippen LogP contribution in [0.1, 0.15) is 30.2 Å². The van der Waals surface area contributed by atoms with E-state index in [9.17, 15) is 5.11 Å². The van der Waals surface area contributed by atoms with E-state index in [0.717, 1.165) is 38.2 Å². The summed E-state index contributed by atoms with van der Waals surface area (Å²) >= 11 is 0. The molecule has 2 N–H and O–H groups in total. The largest absolute Gasteiger partial charge is 0.468 e. The predicted molar refractivity (Wildman–Crippen MR) is 84.2 cm³/mol. The van der Waals surface area contributed by atoms with Crippen LogP contribution in [0.5, 0.6) is 0 Å². The Morgan fingerprint density at radius 2 is 2.18 bits per heavy atom. The zero-order chi connectivity index (χ0) is 15.2. The zero-order valence-corrected chi connectivity index (χ0v) is 12.7. The van der Waals surface area contributed by atoms with Gasteiger partial charge in [-0.1, -0.05) is 6.07 Å². The van der Waals surface area contributed by atoms with Crippen LogP contribution in [0.15, 0.2) is 47.3 Å². The normalized spacial score (nSPS) is 18.4. The molecule has 1 atom stereocenters. The fourth-order valence-corrected chi connectivity index (χ4v) is 3.01. The number of aliphatic hydroxyl groups excluding tert-OH is 1. The first-order valence-corrected chi connectivity index (χ1v) is 7.86. The zero-order valence-electron chi connectivity index (χ0n) is 12.7. The molecule has 5 heteroatoms. The summed E-state index contributed by atoms with van der Waals surface area (Å²) in [6, 6.07) is 8.19. The van der Waals surface area contributed by atoms with Crippen molar-refractivity contribution in [2.75, 3.05) is 19.7 Å². The monoisotopic (exact) mass is 301 g/mol. The molecule has 0 spiro atoms. The van der Waals surface area contributed by atoms with Gasteiger partial charge in [-0.3, -0.25) is 9.88 Å². The van der Waals surface area contributed by atoms with Crippen molar-refractivity contribution in [2.45, 2.75) is 31.5 Å². The molecule has 22 heavy (non-hydrogen) atoms. The van der Waals surface area contributed by atoms with Crippen LogP contribution in [0, 0.1) is 0 Å². The molecular weight excluding hydrogens is 278 g/mol. The number of hydrogen-bond donors (Lipinski definition) is 2. The van der Waals surface area contributed by atoms with E-state index < -0.39 is 0 Å². The van der Waals surface area contributed by atoms with Gasteiger partial charge in [0.2, 0.25) is 0 Å². The van der Waals surface area contributed by atoms with Crippen LogP contribution in [-0.4, -0.2) is 40.7 Å². The molecule has 0 aromatic carbocycles. The Morgan fingerprint density at radius 3 is 2.82 bits per heavy atom. The number of pyridine rings is 1. The molecule has 0 aliphatic carbocycles. The van der Waals surface area contributed by atoms with Crippen molar-refractivity contribution in [3.05, 3.63) is 54.2 Å². The number of nitrogens with one attached hydrogen (secondary N) is 1. The lowest BCUT2D eigenvalue weighted by molar-refractivity contribution is 0.160. The molecular formula is C17H23N3O2. The third kappa shape index (κ3) is 3.94. The first-order chi connectivity index (χ1) is 10.8. The van der Waals surface area contributed by atoms with E-state index in [1.165, 1.54) is 5.56 Å². The molecule has 0 amide bonds. The summed E-state index contributed by atoms with van der Waals surface area (Å²) in [5.41, 5.74) is 1.26. The molecule has 1 fully saturated rings. The van der Waals surface area contributed by atoms with Gasteiger partial charge in [-0.25, -0.2) is 0 Å². The SMILES string of the molecule is OCC(NC1CCN(Cc2cccnc2)CC1)c1ccco1. The number of aromatic nitrogens is 1. The molecule has 0 saturated carbocycles. The highest BCUT2D eigenvalue weighted by atomic mass is 16.3. The molecule has 3 heterocycles. The standard InChI is InChI=1S/C17H23N3O2/c21-13-16(17-4-2-10-22-17)19-15-5-8-20(9-6-15)12-14-3-1-7-18-11-14/h1-4,7,10-11,15-16,19,21H,5-6,8-9,12-13H2. The van der Waals surface area contributed by atoms with Crippen LogP contribution in [0.3, 0.4) is 0 Å². The van der Waals surface area contributed by atoms with Gasteiger partial charge in [0, 0.05) is 25.0 Å². The number of nitrogens with zero attached hydrogens (tertiary/aromatic N) is 2. The van der Waals surface area contributed by atoms with Crippen LogP contribution >= 0.6 is 0 Å². The second kappa shape index (κ2) is 7.54. The Kier molecular flexibility index (Phi) is 5.21. The van der Waals surface area contributed by atoms with Gasteiger partial charge in [0.05, 0.1) is 18.9 Å². The highest BCUT2D eigenvalue weighted by Gasteiger charge is 2.23. The van der Waals surface area contributed by atoms with Crippen molar-refractivity contribution in [3.8, 4) is 0 Å². The molecule has 0 bridgehead atoms. The van der Waals surface area contributed by atoms with Gasteiger partial charge >= 0.3 is 0 Å². The molecule has 118 valence electrons. The molecule has 0 radical (unpaired) electrons. The van der Waals surface area contributed by atoms with E-state index in [0.29, 0.717) is 6.04 Å². The molecule has 1 saturated heterocycles. The van der Waals surface area contributed by atoms with E-state index in [1.54, 1.807) is 6.26 Å².